The molecule has 0 aromatic carbocycles. The van der Waals surface area contributed by atoms with Gasteiger partial charge in [0.25, 0.3) is 0 Å². The molecule has 0 aliphatic carbocycles. The Hall–Kier alpha value is -1.77. The summed E-state index contributed by atoms with van der Waals surface area (Å²) in [5, 5.41) is 12.0. The highest BCUT2D eigenvalue weighted by molar-refractivity contribution is 7.07. The lowest BCUT2D eigenvalue weighted by atomic mass is 10.1. The van der Waals surface area contributed by atoms with Crippen molar-refractivity contribution >= 4 is 17.2 Å². The molecule has 24 heavy (non-hydrogen) atoms. The SMILES string of the molecule is Cc1n[nH]c(C)c1CC(=O)N[C@@H]1COCC[C@@H]1OCc1cscn1. The number of ether oxygens (including phenoxy) is 2. The average Bonchev–Trinajstić information content (AvgIpc) is 3.19. The number of amides is 1. The third kappa shape index (κ3) is 4.19. The van der Waals surface area contributed by atoms with Crippen LogP contribution in [0.4, 0.5) is 0 Å². The number of rotatable bonds is 6. The molecule has 2 N–H and O–H groups in total. The fraction of sp³-hybridized carbons (Fsp3) is 0.562. The predicted molar refractivity (Wildman–Crippen MR) is 89.8 cm³/mol. The Balaban J connectivity index is 1.55. The molecule has 0 radical (unpaired) electrons. The first-order valence-electron chi connectivity index (χ1n) is 7.99. The van der Waals surface area contributed by atoms with Crippen LogP contribution in [0, 0.1) is 13.8 Å². The smallest absolute Gasteiger partial charge is 0.224 e. The zero-order valence-electron chi connectivity index (χ0n) is 13.9. The van der Waals surface area contributed by atoms with Gasteiger partial charge in [0.15, 0.2) is 0 Å². The van der Waals surface area contributed by atoms with Gasteiger partial charge in [-0.05, 0) is 20.3 Å². The highest BCUT2D eigenvalue weighted by Crippen LogP contribution is 2.16. The minimum Gasteiger partial charge on any atom is -0.379 e. The highest BCUT2D eigenvalue weighted by atomic mass is 32.1. The standard InChI is InChI=1S/C16H22N4O3S/c1-10-13(11(2)20-19-10)5-16(21)18-14-7-22-4-3-15(14)23-6-12-8-24-9-17-12/h8-9,14-15H,3-7H2,1-2H3,(H,18,21)(H,19,20)/t14-,15+/m1/s1. The van der Waals surface area contributed by atoms with E-state index in [-0.39, 0.29) is 18.1 Å². The van der Waals surface area contributed by atoms with Crippen LogP contribution in [-0.4, -0.2) is 46.4 Å². The minimum absolute atomic E-state index is 0.0413. The summed E-state index contributed by atoms with van der Waals surface area (Å²) in [5.74, 6) is -0.0413. The third-order valence-corrected chi connectivity index (χ3v) is 4.82. The van der Waals surface area contributed by atoms with Gasteiger partial charge in [-0.2, -0.15) is 5.10 Å². The van der Waals surface area contributed by atoms with E-state index in [1.807, 2.05) is 19.2 Å². The van der Waals surface area contributed by atoms with Crippen molar-refractivity contribution in [1.29, 1.82) is 0 Å². The first kappa shape index (κ1) is 17.1. The molecule has 1 aliphatic heterocycles. The van der Waals surface area contributed by atoms with Crippen LogP contribution < -0.4 is 5.32 Å². The Labute approximate surface area is 144 Å². The Bertz CT molecular complexity index is 651. The van der Waals surface area contributed by atoms with Gasteiger partial charge in [0.1, 0.15) is 0 Å². The van der Waals surface area contributed by atoms with Gasteiger partial charge in [0, 0.05) is 23.2 Å². The number of carbonyl (C=O) groups is 1. The lowest BCUT2D eigenvalue weighted by molar-refractivity contribution is -0.126. The molecule has 7 nitrogen and oxygen atoms in total. The second-order valence-electron chi connectivity index (χ2n) is 5.96. The van der Waals surface area contributed by atoms with E-state index in [1.165, 1.54) is 0 Å². The molecular weight excluding hydrogens is 328 g/mol. The number of hydrogen-bond acceptors (Lipinski definition) is 6. The predicted octanol–water partition coefficient (Wildman–Crippen LogP) is 1.52. The van der Waals surface area contributed by atoms with Crippen LogP contribution in [0.1, 0.15) is 29.1 Å². The third-order valence-electron chi connectivity index (χ3n) is 4.19. The summed E-state index contributed by atoms with van der Waals surface area (Å²) in [4.78, 5) is 16.6. The molecule has 0 saturated carbocycles. The summed E-state index contributed by atoms with van der Waals surface area (Å²) in [7, 11) is 0. The summed E-state index contributed by atoms with van der Waals surface area (Å²) in [5.41, 5.74) is 5.44. The van der Waals surface area contributed by atoms with Crippen LogP contribution in [0.5, 0.6) is 0 Å². The molecule has 2 aromatic heterocycles. The summed E-state index contributed by atoms with van der Waals surface area (Å²) >= 11 is 1.55. The first-order valence-corrected chi connectivity index (χ1v) is 8.94. The zero-order valence-corrected chi connectivity index (χ0v) is 14.7. The van der Waals surface area contributed by atoms with Gasteiger partial charge in [0.05, 0.1) is 48.7 Å². The summed E-state index contributed by atoms with van der Waals surface area (Å²) < 4.78 is 11.5. The molecule has 0 spiro atoms. The van der Waals surface area contributed by atoms with E-state index >= 15 is 0 Å². The van der Waals surface area contributed by atoms with Crippen LogP contribution in [0.25, 0.3) is 0 Å². The van der Waals surface area contributed by atoms with E-state index in [9.17, 15) is 4.79 Å². The molecule has 3 rings (SSSR count). The number of nitrogens with one attached hydrogen (secondary N) is 2. The molecular formula is C16H22N4O3S. The van der Waals surface area contributed by atoms with Crippen LogP contribution in [-0.2, 0) is 27.3 Å². The van der Waals surface area contributed by atoms with Crippen molar-refractivity contribution in [3.8, 4) is 0 Å². The largest absolute Gasteiger partial charge is 0.379 e. The number of aromatic amines is 1. The topological polar surface area (TPSA) is 89.1 Å². The van der Waals surface area contributed by atoms with E-state index < -0.39 is 0 Å². The van der Waals surface area contributed by atoms with Gasteiger partial charge in [0.2, 0.25) is 5.91 Å². The van der Waals surface area contributed by atoms with E-state index in [0.717, 1.165) is 29.1 Å². The fourth-order valence-electron chi connectivity index (χ4n) is 2.81. The molecule has 0 bridgehead atoms. The maximum atomic E-state index is 12.4. The molecule has 1 amide bonds. The number of nitrogens with zero attached hydrogens (tertiary/aromatic N) is 2. The molecule has 2 atom stereocenters. The van der Waals surface area contributed by atoms with Gasteiger partial charge < -0.3 is 14.8 Å². The van der Waals surface area contributed by atoms with Crippen molar-refractivity contribution in [2.45, 2.75) is 45.4 Å². The number of carbonyl (C=O) groups excluding carboxylic acids is 1. The lowest BCUT2D eigenvalue weighted by Gasteiger charge is -2.32. The molecule has 130 valence electrons. The molecule has 8 heteroatoms. The van der Waals surface area contributed by atoms with Crippen molar-refractivity contribution in [3.05, 3.63) is 33.5 Å². The second-order valence-corrected chi connectivity index (χ2v) is 6.67. The van der Waals surface area contributed by atoms with Gasteiger partial charge in [-0.3, -0.25) is 9.89 Å². The molecule has 1 saturated heterocycles. The Morgan fingerprint density at radius 2 is 2.42 bits per heavy atom. The van der Waals surface area contributed by atoms with Crippen molar-refractivity contribution in [2.24, 2.45) is 0 Å². The molecule has 1 aliphatic rings. The normalized spacial score (nSPS) is 20.9. The summed E-state index contributed by atoms with van der Waals surface area (Å²) in [6.45, 7) is 5.40. The van der Waals surface area contributed by atoms with Crippen molar-refractivity contribution in [3.63, 3.8) is 0 Å². The van der Waals surface area contributed by atoms with Crippen LogP contribution in [0.2, 0.25) is 0 Å². The van der Waals surface area contributed by atoms with Gasteiger partial charge in [-0.25, -0.2) is 4.98 Å². The minimum atomic E-state index is -0.141. The Morgan fingerprint density at radius 3 is 3.12 bits per heavy atom. The average molecular weight is 350 g/mol. The van der Waals surface area contributed by atoms with Gasteiger partial charge >= 0.3 is 0 Å². The summed E-state index contributed by atoms with van der Waals surface area (Å²) in [6.07, 6.45) is 1.01. The van der Waals surface area contributed by atoms with E-state index in [0.29, 0.717) is 26.2 Å². The van der Waals surface area contributed by atoms with Crippen molar-refractivity contribution in [1.82, 2.24) is 20.5 Å². The van der Waals surface area contributed by atoms with Crippen LogP contribution in [0.15, 0.2) is 10.9 Å². The quantitative estimate of drug-likeness (QED) is 0.824. The van der Waals surface area contributed by atoms with Gasteiger partial charge in [-0.15, -0.1) is 11.3 Å². The number of aromatic nitrogens is 3. The van der Waals surface area contributed by atoms with Crippen molar-refractivity contribution in [2.75, 3.05) is 13.2 Å². The molecule has 1 fully saturated rings. The molecule has 0 unspecified atom stereocenters. The van der Waals surface area contributed by atoms with Crippen molar-refractivity contribution < 1.29 is 14.3 Å². The first-order chi connectivity index (χ1) is 11.6. The van der Waals surface area contributed by atoms with E-state index in [4.69, 9.17) is 9.47 Å². The molecule has 2 aromatic rings. The maximum Gasteiger partial charge on any atom is 0.224 e. The summed E-state index contributed by atoms with van der Waals surface area (Å²) in [6, 6.07) is -0.141. The van der Waals surface area contributed by atoms with Crippen LogP contribution in [0.3, 0.4) is 0 Å². The molecule has 3 heterocycles. The number of H-pyrrole nitrogens is 1. The second kappa shape index (κ2) is 7.87. The Kier molecular flexibility index (Phi) is 5.60. The number of aryl methyl sites for hydroxylation is 2. The van der Waals surface area contributed by atoms with Gasteiger partial charge in [-0.1, -0.05) is 0 Å². The highest BCUT2D eigenvalue weighted by Gasteiger charge is 2.28. The Morgan fingerprint density at radius 1 is 1.54 bits per heavy atom. The maximum absolute atomic E-state index is 12.4. The fourth-order valence-corrected chi connectivity index (χ4v) is 3.35. The number of thiazole rings is 1. The zero-order chi connectivity index (χ0) is 16.9. The van der Waals surface area contributed by atoms with Crippen LogP contribution >= 0.6 is 11.3 Å². The van der Waals surface area contributed by atoms with E-state index in [2.05, 4.69) is 20.5 Å². The monoisotopic (exact) mass is 350 g/mol. The number of hydrogen-bond donors (Lipinski definition) is 2. The van der Waals surface area contributed by atoms with E-state index in [1.54, 1.807) is 16.8 Å². The lowest BCUT2D eigenvalue weighted by Crippen LogP contribution is -2.51.